The largest absolute Gasteiger partial charge is 0.398 e. The number of piperidine rings is 1. The maximum Gasteiger partial charge on any atom is 0.243 e. The van der Waals surface area contributed by atoms with Crippen LogP contribution in [0.1, 0.15) is 32.3 Å². The Morgan fingerprint density at radius 3 is 2.35 bits per heavy atom. The normalized spacial score (nSPS) is 20.0. The number of halogens is 1. The van der Waals surface area contributed by atoms with Gasteiger partial charge < -0.3 is 5.73 Å². The summed E-state index contributed by atoms with van der Waals surface area (Å²) < 4.78 is 27.8. The molecule has 6 heteroatoms. The second kappa shape index (κ2) is 5.31. The molecule has 0 bridgehead atoms. The Balaban J connectivity index is 2.34. The number of hydrogen-bond acceptors (Lipinski definition) is 3. The number of rotatable bonds is 2. The van der Waals surface area contributed by atoms with E-state index in [1.807, 2.05) is 0 Å². The van der Waals surface area contributed by atoms with Gasteiger partial charge in [-0.1, -0.05) is 13.8 Å². The fourth-order valence-corrected chi connectivity index (χ4v) is 4.56. The molecule has 1 aromatic rings. The predicted molar refractivity (Wildman–Crippen MR) is 85.1 cm³/mol. The summed E-state index contributed by atoms with van der Waals surface area (Å²) >= 11 is 3.32. The van der Waals surface area contributed by atoms with Gasteiger partial charge in [0.1, 0.15) is 0 Å². The summed E-state index contributed by atoms with van der Waals surface area (Å²) in [4.78, 5) is 0.318. The molecule has 1 heterocycles. The van der Waals surface area contributed by atoms with E-state index in [0.717, 1.165) is 22.9 Å². The van der Waals surface area contributed by atoms with Crippen LogP contribution in [0.2, 0.25) is 0 Å². The van der Waals surface area contributed by atoms with Crippen molar-refractivity contribution in [3.05, 3.63) is 22.2 Å². The molecule has 0 radical (unpaired) electrons. The SMILES string of the molecule is Cc1cc(Br)c(N)cc1S(=O)(=O)N1CCC(C)(C)CC1. The average molecular weight is 361 g/mol. The Morgan fingerprint density at radius 2 is 1.80 bits per heavy atom. The van der Waals surface area contributed by atoms with E-state index in [4.69, 9.17) is 5.73 Å². The zero-order chi connectivity index (χ0) is 15.1. The highest BCUT2D eigenvalue weighted by Gasteiger charge is 2.33. The van der Waals surface area contributed by atoms with Gasteiger partial charge in [-0.2, -0.15) is 4.31 Å². The van der Waals surface area contributed by atoms with Crippen LogP contribution in [-0.2, 0) is 10.0 Å². The van der Waals surface area contributed by atoms with Crippen LogP contribution in [0.25, 0.3) is 0 Å². The predicted octanol–water partition coefficient (Wildman–Crippen LogP) is 3.15. The van der Waals surface area contributed by atoms with E-state index in [-0.39, 0.29) is 5.41 Å². The summed E-state index contributed by atoms with van der Waals surface area (Å²) in [7, 11) is -3.45. The standard InChI is InChI=1S/C14H21BrN2O2S/c1-10-8-11(15)12(16)9-13(10)20(18,19)17-6-4-14(2,3)5-7-17/h8-9H,4-7,16H2,1-3H3. The molecule has 20 heavy (non-hydrogen) atoms. The first-order valence-corrected chi connectivity index (χ1v) is 8.93. The quantitative estimate of drug-likeness (QED) is 0.823. The molecule has 0 atom stereocenters. The molecule has 0 amide bonds. The number of hydrogen-bond donors (Lipinski definition) is 1. The van der Waals surface area contributed by atoms with Gasteiger partial charge in [0.05, 0.1) is 4.90 Å². The first-order valence-electron chi connectivity index (χ1n) is 6.69. The molecule has 1 aliphatic rings. The van der Waals surface area contributed by atoms with E-state index in [1.54, 1.807) is 23.4 Å². The Hall–Kier alpha value is -0.590. The van der Waals surface area contributed by atoms with E-state index < -0.39 is 10.0 Å². The minimum absolute atomic E-state index is 0.222. The molecule has 0 unspecified atom stereocenters. The molecule has 112 valence electrons. The van der Waals surface area contributed by atoms with Crippen LogP contribution in [0.5, 0.6) is 0 Å². The monoisotopic (exact) mass is 360 g/mol. The van der Waals surface area contributed by atoms with E-state index in [9.17, 15) is 8.42 Å². The van der Waals surface area contributed by atoms with Crippen molar-refractivity contribution in [1.29, 1.82) is 0 Å². The lowest BCUT2D eigenvalue weighted by Crippen LogP contribution is -2.41. The van der Waals surface area contributed by atoms with Gasteiger partial charge in [0.2, 0.25) is 10.0 Å². The van der Waals surface area contributed by atoms with Crippen molar-refractivity contribution in [2.45, 2.75) is 38.5 Å². The molecule has 2 N–H and O–H groups in total. The van der Waals surface area contributed by atoms with Gasteiger partial charge >= 0.3 is 0 Å². The summed E-state index contributed by atoms with van der Waals surface area (Å²) in [6.07, 6.45) is 1.77. The maximum absolute atomic E-state index is 12.7. The third-order valence-corrected chi connectivity index (χ3v) is 6.72. The number of anilines is 1. The van der Waals surface area contributed by atoms with Gasteiger partial charge in [-0.25, -0.2) is 8.42 Å². The first kappa shape index (κ1) is 15.8. The van der Waals surface area contributed by atoms with Crippen molar-refractivity contribution in [3.63, 3.8) is 0 Å². The lowest BCUT2D eigenvalue weighted by atomic mass is 9.83. The summed E-state index contributed by atoms with van der Waals surface area (Å²) in [5, 5.41) is 0. The molecule has 1 saturated heterocycles. The van der Waals surface area contributed by atoms with Crippen LogP contribution in [0, 0.1) is 12.3 Å². The zero-order valence-corrected chi connectivity index (χ0v) is 14.5. The number of nitrogens with zero attached hydrogens (tertiary/aromatic N) is 1. The Kier molecular flexibility index (Phi) is 4.19. The smallest absolute Gasteiger partial charge is 0.243 e. The van der Waals surface area contributed by atoms with Crippen LogP contribution in [0.4, 0.5) is 5.69 Å². The van der Waals surface area contributed by atoms with Gasteiger partial charge in [0.15, 0.2) is 0 Å². The molecule has 1 aliphatic heterocycles. The summed E-state index contributed by atoms with van der Waals surface area (Å²) in [6, 6.07) is 3.31. The third-order valence-electron chi connectivity index (χ3n) is 3.99. The molecule has 0 aliphatic carbocycles. The number of benzene rings is 1. The molecule has 0 aromatic heterocycles. The van der Waals surface area contributed by atoms with E-state index >= 15 is 0 Å². The van der Waals surface area contributed by atoms with Crippen molar-refractivity contribution >= 4 is 31.6 Å². The Bertz CT molecular complexity index is 616. The second-order valence-corrected chi connectivity index (χ2v) is 8.97. The van der Waals surface area contributed by atoms with Crippen molar-refractivity contribution in [2.75, 3.05) is 18.8 Å². The molecule has 1 aromatic carbocycles. The van der Waals surface area contributed by atoms with Crippen LogP contribution in [-0.4, -0.2) is 25.8 Å². The molecule has 0 spiro atoms. The lowest BCUT2D eigenvalue weighted by molar-refractivity contribution is 0.196. The van der Waals surface area contributed by atoms with Gasteiger partial charge in [-0.3, -0.25) is 0 Å². The second-order valence-electron chi connectivity index (χ2n) is 6.21. The minimum atomic E-state index is -3.45. The highest BCUT2D eigenvalue weighted by Crippen LogP contribution is 2.34. The van der Waals surface area contributed by atoms with E-state index in [0.29, 0.717) is 23.7 Å². The minimum Gasteiger partial charge on any atom is -0.398 e. The van der Waals surface area contributed by atoms with Gasteiger partial charge in [0.25, 0.3) is 0 Å². The zero-order valence-electron chi connectivity index (χ0n) is 12.1. The van der Waals surface area contributed by atoms with Crippen LogP contribution in [0.3, 0.4) is 0 Å². The van der Waals surface area contributed by atoms with Crippen molar-refractivity contribution in [2.24, 2.45) is 5.41 Å². The third kappa shape index (κ3) is 3.02. The molecule has 4 nitrogen and oxygen atoms in total. The van der Waals surface area contributed by atoms with E-state index in [1.165, 1.54) is 0 Å². The summed E-state index contributed by atoms with van der Waals surface area (Å²) in [5.74, 6) is 0. The topological polar surface area (TPSA) is 63.4 Å². The van der Waals surface area contributed by atoms with E-state index in [2.05, 4.69) is 29.8 Å². The maximum atomic E-state index is 12.7. The van der Waals surface area contributed by atoms with Gasteiger partial charge in [0, 0.05) is 23.2 Å². The molecular formula is C14H21BrN2O2S. The van der Waals surface area contributed by atoms with Crippen molar-refractivity contribution < 1.29 is 8.42 Å². The molecule has 2 rings (SSSR count). The Morgan fingerprint density at radius 1 is 1.25 bits per heavy atom. The number of nitrogens with two attached hydrogens (primary N) is 1. The molecule has 1 fully saturated rings. The average Bonchev–Trinajstić information content (AvgIpc) is 2.33. The molecular weight excluding hydrogens is 340 g/mol. The summed E-state index contributed by atoms with van der Waals surface area (Å²) in [6.45, 7) is 7.31. The number of nitrogen functional groups attached to an aromatic ring is 1. The highest BCUT2D eigenvalue weighted by molar-refractivity contribution is 9.10. The van der Waals surface area contributed by atoms with Crippen LogP contribution in [0.15, 0.2) is 21.5 Å². The van der Waals surface area contributed by atoms with Crippen LogP contribution < -0.4 is 5.73 Å². The summed E-state index contributed by atoms with van der Waals surface area (Å²) in [5.41, 5.74) is 7.22. The molecule has 0 saturated carbocycles. The van der Waals surface area contributed by atoms with Crippen molar-refractivity contribution in [1.82, 2.24) is 4.31 Å². The number of aryl methyl sites for hydroxylation is 1. The fraction of sp³-hybridized carbons (Fsp3) is 0.571. The van der Waals surface area contributed by atoms with Crippen molar-refractivity contribution in [3.8, 4) is 0 Å². The fourth-order valence-electron chi connectivity index (χ4n) is 2.42. The van der Waals surface area contributed by atoms with Gasteiger partial charge in [-0.15, -0.1) is 0 Å². The highest BCUT2D eigenvalue weighted by atomic mass is 79.9. The first-order chi connectivity index (χ1) is 9.13. The Labute approximate surface area is 129 Å². The lowest BCUT2D eigenvalue weighted by Gasteiger charge is -2.36. The number of sulfonamides is 1. The van der Waals surface area contributed by atoms with Crippen LogP contribution >= 0.6 is 15.9 Å². The van der Waals surface area contributed by atoms with Gasteiger partial charge in [-0.05, 0) is 58.8 Å².